The zero-order valence-corrected chi connectivity index (χ0v) is 16.1. The van der Waals surface area contributed by atoms with Crippen molar-refractivity contribution in [1.82, 2.24) is 15.1 Å². The Kier molecular flexibility index (Phi) is 7.32. The molecule has 2 saturated heterocycles. The van der Waals surface area contributed by atoms with Gasteiger partial charge in [-0.3, -0.25) is 4.79 Å². The number of benzene rings is 1. The van der Waals surface area contributed by atoms with Crippen molar-refractivity contribution in [1.29, 1.82) is 0 Å². The number of hydrogen-bond acceptors (Lipinski definition) is 4. The molecule has 1 unspecified atom stereocenters. The van der Waals surface area contributed by atoms with E-state index in [1.807, 2.05) is 23.1 Å². The monoisotopic (exact) mass is 359 g/mol. The van der Waals surface area contributed by atoms with Gasteiger partial charge in [0.2, 0.25) is 0 Å². The third-order valence-corrected chi connectivity index (χ3v) is 5.44. The largest absolute Gasteiger partial charge is 0.483 e. The number of carbonyl (C=O) groups excluding carboxylic acids is 1. The molecule has 2 aliphatic rings. The van der Waals surface area contributed by atoms with Crippen LogP contribution >= 0.6 is 0 Å². The van der Waals surface area contributed by atoms with Gasteiger partial charge >= 0.3 is 0 Å². The average Bonchev–Trinajstić information content (AvgIpc) is 3.33. The van der Waals surface area contributed by atoms with Gasteiger partial charge in [0.1, 0.15) is 5.75 Å². The van der Waals surface area contributed by atoms with Crippen LogP contribution in [0.2, 0.25) is 0 Å². The Morgan fingerprint density at radius 2 is 2.04 bits per heavy atom. The van der Waals surface area contributed by atoms with Crippen LogP contribution in [0.1, 0.15) is 38.2 Å². The number of likely N-dealkylation sites (tertiary alicyclic amines) is 2. The van der Waals surface area contributed by atoms with Crippen LogP contribution in [0.25, 0.3) is 0 Å². The maximum absolute atomic E-state index is 12.2. The van der Waals surface area contributed by atoms with Crippen molar-refractivity contribution < 1.29 is 9.53 Å². The number of carbonyl (C=O) groups is 1. The smallest absolute Gasteiger partial charge is 0.260 e. The third-order valence-electron chi connectivity index (χ3n) is 5.44. The highest BCUT2D eigenvalue weighted by atomic mass is 16.5. The molecule has 3 rings (SSSR count). The molecule has 5 nitrogen and oxygen atoms in total. The molecule has 0 aliphatic carbocycles. The van der Waals surface area contributed by atoms with Crippen LogP contribution in [0, 0.1) is 5.92 Å². The van der Waals surface area contributed by atoms with E-state index in [9.17, 15) is 4.79 Å². The van der Waals surface area contributed by atoms with E-state index in [-0.39, 0.29) is 12.5 Å². The van der Waals surface area contributed by atoms with Crippen molar-refractivity contribution in [2.75, 3.05) is 45.9 Å². The van der Waals surface area contributed by atoms with Gasteiger partial charge in [0.25, 0.3) is 5.91 Å². The van der Waals surface area contributed by atoms with Gasteiger partial charge in [-0.05, 0) is 57.3 Å². The zero-order chi connectivity index (χ0) is 18.2. The van der Waals surface area contributed by atoms with Crippen LogP contribution < -0.4 is 10.1 Å². The van der Waals surface area contributed by atoms with Crippen LogP contribution in [-0.2, 0) is 11.3 Å². The molecule has 1 atom stereocenters. The van der Waals surface area contributed by atoms with Crippen LogP contribution in [0.5, 0.6) is 5.75 Å². The molecule has 0 aromatic heterocycles. The predicted molar refractivity (Wildman–Crippen MR) is 104 cm³/mol. The first kappa shape index (κ1) is 19.2. The van der Waals surface area contributed by atoms with E-state index in [2.05, 4.69) is 23.2 Å². The van der Waals surface area contributed by atoms with Crippen molar-refractivity contribution in [3.63, 3.8) is 0 Å². The molecule has 0 bridgehead atoms. The number of hydrogen-bond donors (Lipinski definition) is 1. The summed E-state index contributed by atoms with van der Waals surface area (Å²) in [6, 6.07) is 8.05. The second-order valence-electron chi connectivity index (χ2n) is 7.57. The molecule has 1 N–H and O–H groups in total. The molecule has 26 heavy (non-hydrogen) atoms. The van der Waals surface area contributed by atoms with Gasteiger partial charge in [-0.2, -0.15) is 0 Å². The summed E-state index contributed by atoms with van der Waals surface area (Å²) in [5, 5.41) is 3.59. The van der Waals surface area contributed by atoms with Gasteiger partial charge in [-0.25, -0.2) is 0 Å². The summed E-state index contributed by atoms with van der Waals surface area (Å²) < 4.78 is 5.84. The Morgan fingerprint density at radius 1 is 1.23 bits per heavy atom. The number of nitrogens with one attached hydrogen (secondary N) is 1. The Hall–Kier alpha value is -1.59. The van der Waals surface area contributed by atoms with Gasteiger partial charge in [-0.15, -0.1) is 0 Å². The molecule has 1 amide bonds. The van der Waals surface area contributed by atoms with E-state index in [4.69, 9.17) is 4.74 Å². The summed E-state index contributed by atoms with van der Waals surface area (Å²) in [5.41, 5.74) is 1.13. The third kappa shape index (κ3) is 5.45. The van der Waals surface area contributed by atoms with Gasteiger partial charge in [0.05, 0.1) is 0 Å². The molecule has 0 radical (unpaired) electrons. The lowest BCUT2D eigenvalue weighted by molar-refractivity contribution is -0.132. The van der Waals surface area contributed by atoms with Gasteiger partial charge in [0.15, 0.2) is 6.61 Å². The fraction of sp³-hybridized carbons (Fsp3) is 0.667. The van der Waals surface area contributed by atoms with Crippen molar-refractivity contribution in [3.05, 3.63) is 29.8 Å². The van der Waals surface area contributed by atoms with Crippen LogP contribution in [0.15, 0.2) is 24.3 Å². The molecular formula is C21H33N3O2. The Bertz CT molecular complexity index is 572. The van der Waals surface area contributed by atoms with E-state index in [1.165, 1.54) is 32.5 Å². The summed E-state index contributed by atoms with van der Waals surface area (Å²) in [4.78, 5) is 16.7. The topological polar surface area (TPSA) is 44.8 Å². The molecule has 0 saturated carbocycles. The lowest BCUT2D eigenvalue weighted by atomic mass is 10.1. The summed E-state index contributed by atoms with van der Waals surface area (Å²) in [7, 11) is 0. The number of ether oxygens (including phenoxy) is 1. The first-order chi connectivity index (χ1) is 12.8. The van der Waals surface area contributed by atoms with Crippen molar-refractivity contribution in [2.45, 2.75) is 39.2 Å². The Balaban J connectivity index is 1.43. The normalized spacial score (nSPS) is 20.7. The average molecular weight is 360 g/mol. The minimum Gasteiger partial charge on any atom is -0.483 e. The minimum atomic E-state index is 0.104. The predicted octanol–water partition coefficient (Wildman–Crippen LogP) is 2.51. The van der Waals surface area contributed by atoms with E-state index in [1.54, 1.807) is 0 Å². The lowest BCUT2D eigenvalue weighted by Crippen LogP contribution is -2.32. The van der Waals surface area contributed by atoms with Crippen molar-refractivity contribution >= 4 is 5.91 Å². The molecular weight excluding hydrogens is 326 g/mol. The molecule has 2 fully saturated rings. The second kappa shape index (κ2) is 9.93. The van der Waals surface area contributed by atoms with Gasteiger partial charge < -0.3 is 19.9 Å². The highest BCUT2D eigenvalue weighted by Gasteiger charge is 2.21. The molecule has 5 heteroatoms. The van der Waals surface area contributed by atoms with Crippen molar-refractivity contribution in [3.8, 4) is 5.75 Å². The highest BCUT2D eigenvalue weighted by Crippen LogP contribution is 2.19. The first-order valence-electron chi connectivity index (χ1n) is 10.2. The Morgan fingerprint density at radius 3 is 2.85 bits per heavy atom. The molecule has 144 valence electrons. The highest BCUT2D eigenvalue weighted by molar-refractivity contribution is 5.78. The van der Waals surface area contributed by atoms with Gasteiger partial charge in [0, 0.05) is 31.7 Å². The molecule has 0 spiro atoms. The maximum atomic E-state index is 12.2. The van der Waals surface area contributed by atoms with E-state index in [0.29, 0.717) is 0 Å². The van der Waals surface area contributed by atoms with E-state index >= 15 is 0 Å². The number of amides is 1. The zero-order valence-electron chi connectivity index (χ0n) is 16.1. The number of rotatable bonds is 9. The second-order valence-corrected chi connectivity index (χ2v) is 7.57. The molecule has 2 aliphatic heterocycles. The summed E-state index contributed by atoms with van der Waals surface area (Å²) in [6.07, 6.45) is 4.75. The van der Waals surface area contributed by atoms with E-state index < -0.39 is 0 Å². The Labute approximate surface area is 157 Å². The molecule has 2 heterocycles. The minimum absolute atomic E-state index is 0.104. The van der Waals surface area contributed by atoms with Crippen molar-refractivity contribution in [2.24, 2.45) is 5.92 Å². The SMILES string of the molecule is CCCN1CCC(CNCc2ccccc2OCC(=O)N2CCCC2)C1. The summed E-state index contributed by atoms with van der Waals surface area (Å²) >= 11 is 0. The quantitative estimate of drug-likeness (QED) is 0.736. The maximum Gasteiger partial charge on any atom is 0.260 e. The first-order valence-corrected chi connectivity index (χ1v) is 10.2. The fourth-order valence-electron chi connectivity index (χ4n) is 4.00. The summed E-state index contributed by atoms with van der Waals surface area (Å²) in [5.74, 6) is 1.67. The fourth-order valence-corrected chi connectivity index (χ4v) is 4.00. The number of para-hydroxylation sites is 1. The van der Waals surface area contributed by atoms with Gasteiger partial charge in [-0.1, -0.05) is 25.1 Å². The van der Waals surface area contributed by atoms with Crippen LogP contribution in [-0.4, -0.2) is 61.6 Å². The molecule has 1 aromatic carbocycles. The standard InChI is InChI=1S/C21H33N3O2/c1-2-10-23-13-9-18(16-23)14-22-15-19-7-3-4-8-20(19)26-17-21(25)24-11-5-6-12-24/h3-4,7-8,18,22H,2,5-6,9-17H2,1H3. The molecule has 1 aromatic rings. The summed E-state index contributed by atoms with van der Waals surface area (Å²) in [6.45, 7) is 9.64. The van der Waals surface area contributed by atoms with Crippen LogP contribution in [0.4, 0.5) is 0 Å². The number of nitrogens with zero attached hydrogens (tertiary/aromatic N) is 2. The van der Waals surface area contributed by atoms with Crippen LogP contribution in [0.3, 0.4) is 0 Å². The lowest BCUT2D eigenvalue weighted by Gasteiger charge is -2.18. The van der Waals surface area contributed by atoms with E-state index in [0.717, 1.165) is 56.3 Å².